The Hall–Kier alpha value is -2.47. The zero-order valence-corrected chi connectivity index (χ0v) is 14.1. The summed E-state index contributed by atoms with van der Waals surface area (Å²) >= 11 is 0. The molecule has 1 amide bonds. The molecule has 3 heterocycles. The Morgan fingerprint density at radius 3 is 2.56 bits per heavy atom. The van der Waals surface area contributed by atoms with Crippen LogP contribution in [0.1, 0.15) is 18.4 Å². The number of hydrogen-bond donors (Lipinski definition) is 1. The topological polar surface area (TPSA) is 67.4 Å². The Bertz CT molecular complexity index is 711. The number of nitrogens with one attached hydrogen (secondary N) is 1. The molecule has 2 aliphatic rings. The molecule has 1 aromatic carbocycles. The first-order chi connectivity index (χ1) is 12.3. The quantitative estimate of drug-likeness (QED) is 0.921. The van der Waals surface area contributed by atoms with E-state index >= 15 is 0 Å². The third-order valence-corrected chi connectivity index (χ3v) is 5.18. The second-order valence-electron chi connectivity index (χ2n) is 6.72. The van der Waals surface area contributed by atoms with Crippen LogP contribution in [0.15, 0.2) is 48.7 Å². The van der Waals surface area contributed by atoms with Crippen molar-refractivity contribution in [1.29, 1.82) is 0 Å². The normalized spacial score (nSPS) is 19.9. The number of carbonyl (C=O) groups excluding carboxylic acids is 1. The molecule has 4 rings (SSSR count). The minimum atomic E-state index is -0.447. The summed E-state index contributed by atoms with van der Waals surface area (Å²) in [6.45, 7) is 2.67. The van der Waals surface area contributed by atoms with Crippen molar-refractivity contribution < 1.29 is 9.53 Å². The zero-order chi connectivity index (χ0) is 17.1. The molecule has 0 bridgehead atoms. The van der Waals surface area contributed by atoms with E-state index in [2.05, 4.69) is 27.6 Å². The molecule has 0 aliphatic carbocycles. The van der Waals surface area contributed by atoms with E-state index in [-0.39, 0.29) is 11.9 Å². The smallest absolute Gasteiger partial charge is 0.233 e. The lowest BCUT2D eigenvalue weighted by Crippen LogP contribution is -2.62. The second-order valence-corrected chi connectivity index (χ2v) is 6.72. The summed E-state index contributed by atoms with van der Waals surface area (Å²) in [7, 11) is 0. The van der Waals surface area contributed by atoms with Crippen LogP contribution in [0, 0.1) is 0 Å². The number of amides is 1. The molecule has 0 spiro atoms. The molecule has 2 fully saturated rings. The molecule has 2 aromatic rings. The van der Waals surface area contributed by atoms with Crippen molar-refractivity contribution in [1.82, 2.24) is 15.1 Å². The standard InChI is InChI=1S/C19H22N4O2/c24-18(23-13-16(14-23)21-17-7-4-10-20-22-17)19(8-11-25-12-9-19)15-5-2-1-3-6-15/h1-7,10,16H,8-9,11-14H2,(H,21,22). The number of carbonyl (C=O) groups is 1. The van der Waals surface area contributed by atoms with Gasteiger partial charge in [0.25, 0.3) is 0 Å². The molecule has 0 radical (unpaired) electrons. The maximum atomic E-state index is 13.3. The van der Waals surface area contributed by atoms with Gasteiger partial charge in [-0.3, -0.25) is 4.79 Å². The Kier molecular flexibility index (Phi) is 4.36. The summed E-state index contributed by atoms with van der Waals surface area (Å²) in [4.78, 5) is 15.3. The fourth-order valence-corrected chi connectivity index (χ4v) is 3.73. The molecule has 6 heteroatoms. The molecule has 1 N–H and O–H groups in total. The zero-order valence-electron chi connectivity index (χ0n) is 14.1. The number of aromatic nitrogens is 2. The van der Waals surface area contributed by atoms with Crippen LogP contribution in [-0.4, -0.2) is 53.3 Å². The molecule has 2 saturated heterocycles. The SMILES string of the molecule is O=C(N1CC(Nc2cccnn2)C1)C1(c2ccccc2)CCOCC1. The van der Waals surface area contributed by atoms with Crippen LogP contribution in [-0.2, 0) is 14.9 Å². The van der Waals surface area contributed by atoms with Gasteiger partial charge in [0.1, 0.15) is 5.82 Å². The Labute approximate surface area is 147 Å². The van der Waals surface area contributed by atoms with Gasteiger partial charge in [0, 0.05) is 32.5 Å². The van der Waals surface area contributed by atoms with Crippen LogP contribution < -0.4 is 5.32 Å². The van der Waals surface area contributed by atoms with Crippen molar-refractivity contribution in [3.05, 3.63) is 54.2 Å². The van der Waals surface area contributed by atoms with Gasteiger partial charge in [-0.15, -0.1) is 5.10 Å². The number of benzene rings is 1. The van der Waals surface area contributed by atoms with Crippen molar-refractivity contribution in [2.24, 2.45) is 0 Å². The molecular formula is C19H22N4O2. The minimum Gasteiger partial charge on any atom is -0.381 e. The Morgan fingerprint density at radius 2 is 1.88 bits per heavy atom. The fourth-order valence-electron chi connectivity index (χ4n) is 3.73. The van der Waals surface area contributed by atoms with Crippen molar-refractivity contribution in [2.45, 2.75) is 24.3 Å². The van der Waals surface area contributed by atoms with Gasteiger partial charge in [0.2, 0.25) is 5.91 Å². The van der Waals surface area contributed by atoms with Crippen LogP contribution in [0.4, 0.5) is 5.82 Å². The minimum absolute atomic E-state index is 0.221. The lowest BCUT2D eigenvalue weighted by molar-refractivity contribution is -0.145. The summed E-state index contributed by atoms with van der Waals surface area (Å²) in [6.07, 6.45) is 3.14. The van der Waals surface area contributed by atoms with E-state index in [4.69, 9.17) is 4.74 Å². The van der Waals surface area contributed by atoms with Crippen LogP contribution in [0.2, 0.25) is 0 Å². The van der Waals surface area contributed by atoms with Gasteiger partial charge < -0.3 is 15.0 Å². The van der Waals surface area contributed by atoms with E-state index in [1.807, 2.05) is 35.2 Å². The molecule has 2 aliphatic heterocycles. The van der Waals surface area contributed by atoms with Gasteiger partial charge in [-0.25, -0.2) is 0 Å². The molecular weight excluding hydrogens is 316 g/mol. The van der Waals surface area contributed by atoms with Crippen LogP contribution in [0.25, 0.3) is 0 Å². The third kappa shape index (κ3) is 3.09. The van der Waals surface area contributed by atoms with Gasteiger partial charge in [0.05, 0.1) is 11.5 Å². The number of rotatable bonds is 4. The molecule has 130 valence electrons. The van der Waals surface area contributed by atoms with E-state index in [1.165, 1.54) is 0 Å². The summed E-state index contributed by atoms with van der Waals surface area (Å²) in [5.74, 6) is 0.975. The van der Waals surface area contributed by atoms with E-state index in [0.717, 1.165) is 24.2 Å². The first-order valence-electron chi connectivity index (χ1n) is 8.75. The van der Waals surface area contributed by atoms with Gasteiger partial charge in [-0.1, -0.05) is 30.3 Å². The molecule has 6 nitrogen and oxygen atoms in total. The van der Waals surface area contributed by atoms with E-state index < -0.39 is 5.41 Å². The largest absolute Gasteiger partial charge is 0.381 e. The van der Waals surface area contributed by atoms with Gasteiger partial charge >= 0.3 is 0 Å². The highest BCUT2D eigenvalue weighted by Gasteiger charge is 2.46. The predicted molar refractivity (Wildman–Crippen MR) is 94.2 cm³/mol. The summed E-state index contributed by atoms with van der Waals surface area (Å²) in [5.41, 5.74) is 0.658. The number of nitrogens with zero attached hydrogens (tertiary/aromatic N) is 3. The van der Waals surface area contributed by atoms with E-state index in [9.17, 15) is 4.79 Å². The Balaban J connectivity index is 1.46. The highest BCUT2D eigenvalue weighted by Crippen LogP contribution is 2.38. The number of hydrogen-bond acceptors (Lipinski definition) is 5. The number of anilines is 1. The van der Waals surface area contributed by atoms with Gasteiger partial charge in [-0.05, 0) is 30.5 Å². The van der Waals surface area contributed by atoms with E-state index in [0.29, 0.717) is 26.3 Å². The molecule has 0 atom stereocenters. The summed E-state index contributed by atoms with van der Waals surface area (Å²) < 4.78 is 5.53. The second kappa shape index (κ2) is 6.80. The van der Waals surface area contributed by atoms with Crippen LogP contribution in [0.3, 0.4) is 0 Å². The highest BCUT2D eigenvalue weighted by atomic mass is 16.5. The first-order valence-corrected chi connectivity index (χ1v) is 8.75. The van der Waals surface area contributed by atoms with Crippen LogP contribution >= 0.6 is 0 Å². The van der Waals surface area contributed by atoms with E-state index in [1.54, 1.807) is 6.20 Å². The first kappa shape index (κ1) is 16.0. The Morgan fingerprint density at radius 1 is 1.12 bits per heavy atom. The highest BCUT2D eigenvalue weighted by molar-refractivity contribution is 5.89. The van der Waals surface area contributed by atoms with Crippen molar-refractivity contribution in [3.63, 3.8) is 0 Å². The van der Waals surface area contributed by atoms with Crippen molar-refractivity contribution in [3.8, 4) is 0 Å². The maximum absolute atomic E-state index is 13.3. The molecule has 0 saturated carbocycles. The number of likely N-dealkylation sites (tertiary alicyclic amines) is 1. The fraction of sp³-hybridized carbons (Fsp3) is 0.421. The van der Waals surface area contributed by atoms with Gasteiger partial charge in [-0.2, -0.15) is 5.10 Å². The average Bonchev–Trinajstić information content (AvgIpc) is 2.66. The summed E-state index contributed by atoms with van der Waals surface area (Å²) in [5, 5.41) is 11.2. The lowest BCUT2D eigenvalue weighted by Gasteiger charge is -2.46. The third-order valence-electron chi connectivity index (χ3n) is 5.18. The lowest BCUT2D eigenvalue weighted by atomic mass is 9.72. The molecule has 0 unspecified atom stereocenters. The number of ether oxygens (including phenoxy) is 1. The van der Waals surface area contributed by atoms with Crippen molar-refractivity contribution >= 4 is 11.7 Å². The molecule has 1 aromatic heterocycles. The predicted octanol–water partition coefficient (Wildman–Crippen LogP) is 1.85. The molecule has 25 heavy (non-hydrogen) atoms. The van der Waals surface area contributed by atoms with Crippen LogP contribution in [0.5, 0.6) is 0 Å². The summed E-state index contributed by atoms with van der Waals surface area (Å²) in [6, 6.07) is 14.1. The van der Waals surface area contributed by atoms with Gasteiger partial charge in [0.15, 0.2) is 0 Å². The van der Waals surface area contributed by atoms with Crippen molar-refractivity contribution in [2.75, 3.05) is 31.6 Å². The average molecular weight is 338 g/mol. The monoisotopic (exact) mass is 338 g/mol. The maximum Gasteiger partial charge on any atom is 0.233 e.